The van der Waals surface area contributed by atoms with E-state index >= 15 is 0 Å². The molecule has 0 radical (unpaired) electrons. The fourth-order valence-corrected chi connectivity index (χ4v) is 3.35. The Kier molecular flexibility index (Phi) is 3.76. The van der Waals surface area contributed by atoms with E-state index in [-0.39, 0.29) is 18.1 Å². The second-order valence-electron chi connectivity index (χ2n) is 6.39. The molecule has 0 bridgehead atoms. The number of aromatic amines is 1. The van der Waals surface area contributed by atoms with Gasteiger partial charge in [-0.3, -0.25) is 14.9 Å². The first-order valence-electron chi connectivity index (χ1n) is 8.30. The summed E-state index contributed by atoms with van der Waals surface area (Å²) in [6.45, 7) is 4.29. The van der Waals surface area contributed by atoms with Crippen LogP contribution in [0.5, 0.6) is 0 Å². The smallest absolute Gasteiger partial charge is 0.272 e. The lowest BCUT2D eigenvalue weighted by Gasteiger charge is -2.25. The predicted octanol–water partition coefficient (Wildman–Crippen LogP) is 1.64. The van der Waals surface area contributed by atoms with Gasteiger partial charge in [0, 0.05) is 25.2 Å². The molecule has 25 heavy (non-hydrogen) atoms. The van der Waals surface area contributed by atoms with Crippen molar-refractivity contribution in [1.82, 2.24) is 30.0 Å². The van der Waals surface area contributed by atoms with Crippen LogP contribution in [0.3, 0.4) is 0 Å². The van der Waals surface area contributed by atoms with E-state index in [0.717, 1.165) is 28.1 Å². The minimum absolute atomic E-state index is 0.0685. The van der Waals surface area contributed by atoms with Crippen LogP contribution >= 0.6 is 0 Å². The van der Waals surface area contributed by atoms with Crippen molar-refractivity contribution in [3.63, 3.8) is 0 Å². The third kappa shape index (κ3) is 2.68. The highest BCUT2D eigenvalue weighted by Crippen LogP contribution is 2.30. The van der Waals surface area contributed by atoms with Gasteiger partial charge in [0.15, 0.2) is 5.69 Å². The molecule has 1 aliphatic heterocycles. The van der Waals surface area contributed by atoms with Gasteiger partial charge in [0.1, 0.15) is 5.82 Å². The molecule has 0 saturated carbocycles. The number of ether oxygens (including phenoxy) is 1. The first kappa shape index (κ1) is 15.8. The number of nitrogens with one attached hydrogen (secondary N) is 2. The number of carbonyl (C=O) groups is 1. The number of fused-ring (bicyclic) bond motifs is 2. The summed E-state index contributed by atoms with van der Waals surface area (Å²) in [5.74, 6) is 0.565. The van der Waals surface area contributed by atoms with Gasteiger partial charge in [-0.05, 0) is 19.9 Å². The number of aryl methyl sites for hydroxylation is 1. The van der Waals surface area contributed by atoms with Crippen LogP contribution in [0.4, 0.5) is 0 Å². The van der Waals surface area contributed by atoms with E-state index in [4.69, 9.17) is 4.74 Å². The van der Waals surface area contributed by atoms with Crippen LogP contribution in [0.1, 0.15) is 47.5 Å². The minimum atomic E-state index is -0.205. The lowest BCUT2D eigenvalue weighted by atomic mass is 9.99. The molecule has 2 N–H and O–H groups in total. The lowest BCUT2D eigenvalue weighted by Crippen LogP contribution is -2.28. The molecule has 1 amide bonds. The van der Waals surface area contributed by atoms with Crippen LogP contribution < -0.4 is 5.32 Å². The van der Waals surface area contributed by atoms with Crippen LogP contribution in [-0.4, -0.2) is 36.7 Å². The first-order valence-corrected chi connectivity index (χ1v) is 8.30. The molecule has 3 aromatic heterocycles. The molecule has 8 heteroatoms. The van der Waals surface area contributed by atoms with Crippen LogP contribution in [0.2, 0.25) is 0 Å². The summed E-state index contributed by atoms with van der Waals surface area (Å²) in [6.07, 6.45) is 4.13. The number of carbonyl (C=O) groups excluding carboxylic acids is 1. The van der Waals surface area contributed by atoms with Gasteiger partial charge in [0.25, 0.3) is 5.91 Å². The zero-order valence-electron chi connectivity index (χ0n) is 14.4. The van der Waals surface area contributed by atoms with Crippen molar-refractivity contribution in [2.24, 2.45) is 7.05 Å². The molecule has 2 atom stereocenters. The van der Waals surface area contributed by atoms with Gasteiger partial charge in [0.2, 0.25) is 0 Å². The molecule has 0 unspecified atom stereocenters. The van der Waals surface area contributed by atoms with Gasteiger partial charge in [-0.15, -0.1) is 0 Å². The molecule has 0 saturated heterocycles. The Bertz CT molecular complexity index is 944. The zero-order chi connectivity index (χ0) is 17.6. The highest BCUT2D eigenvalue weighted by Gasteiger charge is 2.29. The summed E-state index contributed by atoms with van der Waals surface area (Å²) >= 11 is 0. The van der Waals surface area contributed by atoms with Crippen LogP contribution in [-0.2, 0) is 24.8 Å². The van der Waals surface area contributed by atoms with E-state index in [0.29, 0.717) is 18.7 Å². The Balaban J connectivity index is 1.54. The van der Waals surface area contributed by atoms with Crippen molar-refractivity contribution >= 4 is 16.9 Å². The zero-order valence-corrected chi connectivity index (χ0v) is 14.4. The van der Waals surface area contributed by atoms with E-state index in [2.05, 4.69) is 25.5 Å². The Hall–Kier alpha value is -2.74. The molecule has 8 nitrogen and oxygen atoms in total. The number of hydrogen-bond acceptors (Lipinski definition) is 5. The van der Waals surface area contributed by atoms with Gasteiger partial charge < -0.3 is 14.6 Å². The largest absolute Gasteiger partial charge is 0.369 e. The standard InChI is InChI=1S/C17H20N6O2/c1-9-6-11-15(10(2)25-9)21-22-16(11)17(24)19-8-14-20-12-4-5-18-7-13(12)23(14)3/h4-5,7,9-10H,6,8H2,1-3H3,(H,19,24)(H,21,22)/t9-,10+/m1/s1. The van der Waals surface area contributed by atoms with Crippen molar-refractivity contribution in [2.45, 2.75) is 39.0 Å². The topological polar surface area (TPSA) is 97.7 Å². The molecular formula is C17H20N6O2. The summed E-state index contributed by atoms with van der Waals surface area (Å²) in [6, 6.07) is 1.85. The number of nitrogens with zero attached hydrogens (tertiary/aromatic N) is 4. The summed E-state index contributed by atoms with van der Waals surface area (Å²) in [5, 5.41) is 10.1. The molecule has 0 aromatic carbocycles. The van der Waals surface area contributed by atoms with Crippen molar-refractivity contribution < 1.29 is 9.53 Å². The molecule has 3 aromatic rings. The van der Waals surface area contributed by atoms with E-state index in [1.807, 2.05) is 31.5 Å². The van der Waals surface area contributed by atoms with E-state index < -0.39 is 0 Å². The number of rotatable bonds is 3. The highest BCUT2D eigenvalue weighted by molar-refractivity contribution is 5.94. The molecule has 4 heterocycles. The van der Waals surface area contributed by atoms with Gasteiger partial charge in [-0.1, -0.05) is 0 Å². The monoisotopic (exact) mass is 340 g/mol. The molecule has 130 valence electrons. The number of aromatic nitrogens is 5. The number of imidazole rings is 1. The van der Waals surface area contributed by atoms with Gasteiger partial charge in [-0.2, -0.15) is 5.10 Å². The average Bonchev–Trinajstić information content (AvgIpc) is 3.15. The van der Waals surface area contributed by atoms with E-state index in [1.54, 1.807) is 12.4 Å². The first-order chi connectivity index (χ1) is 12.0. The molecular weight excluding hydrogens is 320 g/mol. The summed E-state index contributed by atoms with van der Waals surface area (Å²) in [4.78, 5) is 21.3. The SMILES string of the molecule is C[C@@H]1Cc2c(C(=O)NCc3nc4ccncc4n3C)n[nH]c2[C@H](C)O1. The average molecular weight is 340 g/mol. The number of amides is 1. The summed E-state index contributed by atoms with van der Waals surface area (Å²) in [5.41, 5.74) is 4.06. The molecule has 0 fully saturated rings. The van der Waals surface area contributed by atoms with Gasteiger partial charge in [-0.25, -0.2) is 4.98 Å². The predicted molar refractivity (Wildman–Crippen MR) is 90.9 cm³/mol. The lowest BCUT2D eigenvalue weighted by molar-refractivity contribution is -0.00697. The second-order valence-corrected chi connectivity index (χ2v) is 6.39. The number of hydrogen-bond donors (Lipinski definition) is 2. The van der Waals surface area contributed by atoms with Crippen molar-refractivity contribution in [3.8, 4) is 0 Å². The highest BCUT2D eigenvalue weighted by atomic mass is 16.5. The molecule has 0 spiro atoms. The van der Waals surface area contributed by atoms with Crippen LogP contribution in [0, 0.1) is 0 Å². The Morgan fingerprint density at radius 3 is 3.12 bits per heavy atom. The van der Waals surface area contributed by atoms with Crippen molar-refractivity contribution in [3.05, 3.63) is 41.2 Å². The molecule has 0 aliphatic carbocycles. The van der Waals surface area contributed by atoms with E-state index in [9.17, 15) is 4.79 Å². The normalized spacial score (nSPS) is 19.8. The van der Waals surface area contributed by atoms with Crippen LogP contribution in [0.25, 0.3) is 11.0 Å². The van der Waals surface area contributed by atoms with Crippen LogP contribution in [0.15, 0.2) is 18.5 Å². The number of H-pyrrole nitrogens is 1. The minimum Gasteiger partial charge on any atom is -0.369 e. The Morgan fingerprint density at radius 2 is 2.32 bits per heavy atom. The summed E-state index contributed by atoms with van der Waals surface area (Å²) in [7, 11) is 1.91. The van der Waals surface area contributed by atoms with Crippen molar-refractivity contribution in [2.75, 3.05) is 0 Å². The fourth-order valence-electron chi connectivity index (χ4n) is 3.35. The fraction of sp³-hybridized carbons (Fsp3) is 0.412. The maximum absolute atomic E-state index is 12.6. The number of pyridine rings is 1. The molecule has 1 aliphatic rings. The maximum Gasteiger partial charge on any atom is 0.272 e. The quantitative estimate of drug-likeness (QED) is 0.755. The van der Waals surface area contributed by atoms with Gasteiger partial charge >= 0.3 is 0 Å². The van der Waals surface area contributed by atoms with E-state index in [1.165, 1.54) is 0 Å². The Morgan fingerprint density at radius 1 is 1.48 bits per heavy atom. The third-order valence-corrected chi connectivity index (χ3v) is 4.63. The second kappa shape index (κ2) is 5.96. The third-order valence-electron chi connectivity index (χ3n) is 4.63. The molecule has 4 rings (SSSR count). The Labute approximate surface area is 144 Å². The van der Waals surface area contributed by atoms with Crippen molar-refractivity contribution in [1.29, 1.82) is 0 Å². The maximum atomic E-state index is 12.6. The summed E-state index contributed by atoms with van der Waals surface area (Å²) < 4.78 is 7.69. The van der Waals surface area contributed by atoms with Gasteiger partial charge in [0.05, 0.1) is 41.7 Å².